The van der Waals surface area contributed by atoms with Crippen molar-refractivity contribution in [3.05, 3.63) is 0 Å². The van der Waals surface area contributed by atoms with Gasteiger partial charge >= 0.3 is 0 Å². The number of halogens is 1. The van der Waals surface area contributed by atoms with Gasteiger partial charge in [-0.3, -0.25) is 0 Å². The molecule has 1 unspecified atom stereocenters. The second kappa shape index (κ2) is 0.595. The smallest absolute Gasteiger partial charge is 0.234 e. The zero-order chi connectivity index (χ0) is 4.20. The summed E-state index contributed by atoms with van der Waals surface area (Å²) in [4.78, 5) is 0. The van der Waals surface area contributed by atoms with Crippen LogP contribution >= 0.6 is 22.6 Å². The summed E-state index contributed by atoms with van der Waals surface area (Å²) < 4.78 is 0.151. The van der Waals surface area contributed by atoms with E-state index in [9.17, 15) is 0 Å². The third kappa shape index (κ3) is 0.177. The molecule has 1 saturated heterocycles. The second-order valence-electron chi connectivity index (χ2n) is 1.47. The van der Waals surface area contributed by atoms with Crippen molar-refractivity contribution in [1.82, 2.24) is 5.01 Å². The maximum atomic E-state index is 3.81. The van der Waals surface area contributed by atoms with Gasteiger partial charge in [-0.25, -0.2) is 5.01 Å². The standard InChI is InChI=1S/C2H2IN3/c3-2-1-6(2)5-4-2/h1H2. The van der Waals surface area contributed by atoms with Crippen LogP contribution in [-0.4, -0.2) is 15.2 Å². The normalized spacial score (nSPS) is 47.8. The molecule has 2 rings (SSSR count). The third-order valence-electron chi connectivity index (χ3n) is 0.949. The topological polar surface area (TPSA) is 27.7 Å². The van der Waals surface area contributed by atoms with Crippen molar-refractivity contribution >= 4 is 22.6 Å². The van der Waals surface area contributed by atoms with E-state index in [4.69, 9.17) is 0 Å². The van der Waals surface area contributed by atoms with Crippen molar-refractivity contribution in [2.75, 3.05) is 6.54 Å². The van der Waals surface area contributed by atoms with Crippen LogP contribution in [0, 0.1) is 0 Å². The molecular formula is C2H2IN3. The van der Waals surface area contributed by atoms with Crippen molar-refractivity contribution < 1.29 is 0 Å². The van der Waals surface area contributed by atoms with Gasteiger partial charge in [0.25, 0.3) is 0 Å². The van der Waals surface area contributed by atoms with Gasteiger partial charge in [-0.15, -0.1) is 5.11 Å². The minimum absolute atomic E-state index is 0.151. The lowest BCUT2D eigenvalue weighted by atomic mass is 10.8. The van der Waals surface area contributed by atoms with Gasteiger partial charge in [0.1, 0.15) is 0 Å². The molecule has 2 aliphatic heterocycles. The van der Waals surface area contributed by atoms with Gasteiger partial charge in [0.2, 0.25) is 3.67 Å². The van der Waals surface area contributed by atoms with Crippen molar-refractivity contribution in [3.63, 3.8) is 0 Å². The molecule has 0 amide bonds. The maximum absolute atomic E-state index is 3.81. The quantitative estimate of drug-likeness (QED) is 0.243. The van der Waals surface area contributed by atoms with Crippen LogP contribution in [0.25, 0.3) is 0 Å². The first-order chi connectivity index (χ1) is 2.81. The predicted octanol–water partition coefficient (Wildman–Crippen LogP) is 0.772. The number of hydrogen-bond donors (Lipinski definition) is 0. The predicted molar refractivity (Wildman–Crippen MR) is 28.3 cm³/mol. The summed E-state index contributed by atoms with van der Waals surface area (Å²) in [5.74, 6) is 0. The van der Waals surface area contributed by atoms with E-state index in [2.05, 4.69) is 32.9 Å². The van der Waals surface area contributed by atoms with E-state index in [1.807, 2.05) is 5.01 Å². The Hall–Kier alpha value is 0.130. The van der Waals surface area contributed by atoms with Crippen LogP contribution in [-0.2, 0) is 0 Å². The van der Waals surface area contributed by atoms with Gasteiger partial charge in [-0.1, -0.05) is 5.22 Å². The number of rotatable bonds is 0. The summed E-state index contributed by atoms with van der Waals surface area (Å²) >= 11 is 2.27. The fourth-order valence-electron chi connectivity index (χ4n) is 0.423. The zero-order valence-electron chi connectivity index (χ0n) is 2.93. The third-order valence-corrected chi connectivity index (χ3v) is 2.06. The largest absolute Gasteiger partial charge is 0.241 e. The molecule has 0 bridgehead atoms. The molecule has 0 spiro atoms. The molecule has 6 heavy (non-hydrogen) atoms. The first-order valence-electron chi connectivity index (χ1n) is 1.71. The first-order valence-corrected chi connectivity index (χ1v) is 2.78. The van der Waals surface area contributed by atoms with Gasteiger partial charge in [-0.05, 0) is 22.6 Å². The Morgan fingerprint density at radius 3 is 2.50 bits per heavy atom. The number of alkyl halides is 1. The zero-order valence-corrected chi connectivity index (χ0v) is 5.08. The summed E-state index contributed by atoms with van der Waals surface area (Å²) in [6.07, 6.45) is 0. The van der Waals surface area contributed by atoms with E-state index in [1.165, 1.54) is 0 Å². The minimum Gasteiger partial charge on any atom is -0.234 e. The molecule has 32 valence electrons. The van der Waals surface area contributed by atoms with Gasteiger partial charge in [0.15, 0.2) is 0 Å². The van der Waals surface area contributed by atoms with Crippen LogP contribution in [0.4, 0.5) is 0 Å². The Bertz CT molecular complexity index is 122. The van der Waals surface area contributed by atoms with Gasteiger partial charge < -0.3 is 0 Å². The average Bonchev–Trinajstić information content (AvgIpc) is 1.88. The first kappa shape index (κ1) is 3.17. The maximum Gasteiger partial charge on any atom is 0.241 e. The monoisotopic (exact) mass is 195 g/mol. The van der Waals surface area contributed by atoms with E-state index in [-0.39, 0.29) is 3.67 Å². The van der Waals surface area contributed by atoms with Crippen LogP contribution in [0.1, 0.15) is 0 Å². The summed E-state index contributed by atoms with van der Waals surface area (Å²) in [6.45, 7) is 1.04. The summed E-state index contributed by atoms with van der Waals surface area (Å²) in [7, 11) is 0. The molecule has 1 fully saturated rings. The lowest BCUT2D eigenvalue weighted by Gasteiger charge is -2.05. The van der Waals surface area contributed by atoms with Crippen molar-refractivity contribution in [2.24, 2.45) is 10.3 Å². The van der Waals surface area contributed by atoms with Gasteiger partial charge in [0, 0.05) is 0 Å². The van der Waals surface area contributed by atoms with Crippen LogP contribution in [0.2, 0.25) is 0 Å². The molecule has 0 aromatic heterocycles. The minimum atomic E-state index is 0.151. The van der Waals surface area contributed by atoms with Crippen molar-refractivity contribution in [3.8, 4) is 0 Å². The molecule has 2 aliphatic rings. The number of nitrogens with zero attached hydrogens (tertiary/aromatic N) is 3. The van der Waals surface area contributed by atoms with Crippen LogP contribution < -0.4 is 0 Å². The SMILES string of the molecule is IC12CN1N=N2. The summed E-state index contributed by atoms with van der Waals surface area (Å²) in [5.41, 5.74) is 0. The van der Waals surface area contributed by atoms with Crippen LogP contribution in [0.15, 0.2) is 10.3 Å². The Balaban J connectivity index is 2.42. The molecule has 0 saturated carbocycles. The highest BCUT2D eigenvalue weighted by Gasteiger charge is 2.57. The van der Waals surface area contributed by atoms with E-state index < -0.39 is 0 Å². The van der Waals surface area contributed by atoms with Crippen molar-refractivity contribution in [2.45, 2.75) is 3.67 Å². The average molecular weight is 195 g/mol. The molecule has 4 heteroatoms. The van der Waals surface area contributed by atoms with E-state index in [0.29, 0.717) is 0 Å². The van der Waals surface area contributed by atoms with Crippen LogP contribution in [0.3, 0.4) is 0 Å². The molecule has 0 radical (unpaired) electrons. The highest BCUT2D eigenvalue weighted by Crippen LogP contribution is 2.48. The molecule has 1 atom stereocenters. The number of hydrogen-bond acceptors (Lipinski definition) is 3. The fourth-order valence-corrected chi connectivity index (χ4v) is 0.940. The van der Waals surface area contributed by atoms with E-state index >= 15 is 0 Å². The Kier molecular flexibility index (Phi) is 0.315. The Morgan fingerprint density at radius 1 is 1.83 bits per heavy atom. The highest BCUT2D eigenvalue weighted by molar-refractivity contribution is 14.1. The molecular weight excluding hydrogens is 193 g/mol. The molecule has 2 heterocycles. The second-order valence-corrected chi connectivity index (χ2v) is 3.19. The fraction of sp³-hybridized carbons (Fsp3) is 1.00. The van der Waals surface area contributed by atoms with Gasteiger partial charge in [-0.2, -0.15) is 0 Å². The summed E-state index contributed by atoms with van der Waals surface area (Å²) in [5, 5.41) is 9.42. The lowest BCUT2D eigenvalue weighted by molar-refractivity contribution is 0.394. The Labute approximate surface area is 48.5 Å². The van der Waals surface area contributed by atoms with Crippen molar-refractivity contribution in [1.29, 1.82) is 0 Å². The Morgan fingerprint density at radius 2 is 2.50 bits per heavy atom. The molecule has 0 aromatic rings. The summed E-state index contributed by atoms with van der Waals surface area (Å²) in [6, 6.07) is 0. The van der Waals surface area contributed by atoms with E-state index in [1.54, 1.807) is 0 Å². The van der Waals surface area contributed by atoms with Gasteiger partial charge in [0.05, 0.1) is 6.54 Å². The van der Waals surface area contributed by atoms with Crippen LogP contribution in [0.5, 0.6) is 0 Å². The molecule has 0 aliphatic carbocycles. The molecule has 0 aromatic carbocycles. The highest BCUT2D eigenvalue weighted by atomic mass is 127. The number of fused-ring (bicyclic) bond motifs is 1. The van der Waals surface area contributed by atoms with E-state index in [0.717, 1.165) is 6.54 Å². The lowest BCUT2D eigenvalue weighted by Crippen LogP contribution is -2.08. The molecule has 3 nitrogen and oxygen atoms in total. The molecule has 0 N–H and O–H groups in total.